The van der Waals surface area contributed by atoms with Crippen molar-refractivity contribution in [2.75, 3.05) is 18.4 Å². The second-order valence-electron chi connectivity index (χ2n) is 8.59. The zero-order chi connectivity index (χ0) is 18.9. The SMILES string of the molecule is C[C@@H]1CCc2c(sc3ncnc(NC4CC[NH+](Cc5ccccc5)CC4)c23)C1. The second-order valence-corrected chi connectivity index (χ2v) is 9.67. The summed E-state index contributed by atoms with van der Waals surface area (Å²) in [7, 11) is 0. The molecule has 4 nitrogen and oxygen atoms in total. The first-order valence-corrected chi connectivity index (χ1v) is 11.5. The van der Waals surface area contributed by atoms with E-state index in [2.05, 4.69) is 52.5 Å². The third-order valence-electron chi connectivity index (χ3n) is 6.42. The number of nitrogens with one attached hydrogen (secondary N) is 2. The van der Waals surface area contributed by atoms with Crippen LogP contribution in [0.2, 0.25) is 0 Å². The summed E-state index contributed by atoms with van der Waals surface area (Å²) >= 11 is 1.89. The first kappa shape index (κ1) is 18.1. The Morgan fingerprint density at radius 3 is 2.75 bits per heavy atom. The Labute approximate surface area is 171 Å². The summed E-state index contributed by atoms with van der Waals surface area (Å²) in [6.07, 6.45) is 7.82. The molecule has 1 fully saturated rings. The van der Waals surface area contributed by atoms with E-state index >= 15 is 0 Å². The van der Waals surface area contributed by atoms with Gasteiger partial charge in [-0.15, -0.1) is 11.3 Å². The van der Waals surface area contributed by atoms with Crippen molar-refractivity contribution in [3.8, 4) is 0 Å². The van der Waals surface area contributed by atoms with Gasteiger partial charge in [0, 0.05) is 29.3 Å². The van der Waals surface area contributed by atoms with Gasteiger partial charge in [-0.25, -0.2) is 9.97 Å². The van der Waals surface area contributed by atoms with Crippen LogP contribution in [0.3, 0.4) is 0 Å². The summed E-state index contributed by atoms with van der Waals surface area (Å²) < 4.78 is 0. The number of quaternary nitrogens is 1. The van der Waals surface area contributed by atoms with Gasteiger partial charge in [0.25, 0.3) is 0 Å². The van der Waals surface area contributed by atoms with E-state index in [1.54, 1.807) is 16.1 Å². The van der Waals surface area contributed by atoms with Gasteiger partial charge in [0.15, 0.2) is 0 Å². The van der Waals surface area contributed by atoms with Crippen molar-refractivity contribution in [1.29, 1.82) is 0 Å². The van der Waals surface area contributed by atoms with E-state index in [-0.39, 0.29) is 0 Å². The van der Waals surface area contributed by atoms with Crippen LogP contribution in [-0.4, -0.2) is 29.1 Å². The topological polar surface area (TPSA) is 42.2 Å². The Hall–Kier alpha value is -1.98. The fourth-order valence-electron chi connectivity index (χ4n) is 4.81. The molecule has 2 aromatic heterocycles. The van der Waals surface area contributed by atoms with E-state index in [1.165, 1.54) is 66.5 Å². The van der Waals surface area contributed by atoms with Gasteiger partial charge in [0.1, 0.15) is 23.5 Å². The zero-order valence-corrected chi connectivity index (χ0v) is 17.4. The van der Waals surface area contributed by atoms with Gasteiger partial charge in [-0.05, 0) is 30.7 Å². The Balaban J connectivity index is 1.28. The standard InChI is InChI=1S/C23H28N4S/c1-16-7-8-19-20(13-16)28-23-21(19)22(24-15-25-23)26-18-9-11-27(12-10-18)14-17-5-3-2-4-6-17/h2-6,15-16,18H,7-14H2,1H3,(H,24,25,26)/p+1/t16-/m1/s1. The maximum absolute atomic E-state index is 4.66. The molecule has 2 N–H and O–H groups in total. The van der Waals surface area contributed by atoms with Gasteiger partial charge >= 0.3 is 0 Å². The van der Waals surface area contributed by atoms with Crippen LogP contribution in [0, 0.1) is 5.92 Å². The van der Waals surface area contributed by atoms with E-state index in [1.807, 2.05) is 11.3 Å². The summed E-state index contributed by atoms with van der Waals surface area (Å²) in [4.78, 5) is 13.7. The molecule has 28 heavy (non-hydrogen) atoms. The highest BCUT2D eigenvalue weighted by atomic mass is 32.1. The number of benzene rings is 1. The number of rotatable bonds is 4. The molecule has 0 saturated carbocycles. The first-order chi connectivity index (χ1) is 13.8. The van der Waals surface area contributed by atoms with Gasteiger partial charge in [-0.2, -0.15) is 0 Å². The molecule has 5 rings (SSSR count). The average Bonchev–Trinajstić information content (AvgIpc) is 3.08. The molecule has 1 atom stereocenters. The molecule has 3 heterocycles. The number of piperidine rings is 1. The van der Waals surface area contributed by atoms with Crippen LogP contribution in [0.4, 0.5) is 5.82 Å². The van der Waals surface area contributed by atoms with Crippen LogP contribution < -0.4 is 10.2 Å². The molecule has 1 aliphatic heterocycles. The monoisotopic (exact) mass is 393 g/mol. The molecule has 1 aliphatic carbocycles. The number of hydrogen-bond donors (Lipinski definition) is 2. The number of nitrogens with zero attached hydrogens (tertiary/aromatic N) is 2. The molecule has 3 aromatic rings. The lowest BCUT2D eigenvalue weighted by molar-refractivity contribution is -0.918. The second kappa shape index (κ2) is 7.80. The minimum absolute atomic E-state index is 0.524. The van der Waals surface area contributed by atoms with E-state index < -0.39 is 0 Å². The Morgan fingerprint density at radius 1 is 1.11 bits per heavy atom. The average molecular weight is 394 g/mol. The fraction of sp³-hybridized carbons (Fsp3) is 0.478. The summed E-state index contributed by atoms with van der Waals surface area (Å²) in [6, 6.07) is 11.4. The van der Waals surface area contributed by atoms with E-state index in [4.69, 9.17) is 0 Å². The van der Waals surface area contributed by atoms with Crippen LogP contribution in [0.25, 0.3) is 10.2 Å². The Kier molecular flexibility index (Phi) is 5.03. The van der Waals surface area contributed by atoms with Gasteiger partial charge in [0.2, 0.25) is 0 Å². The van der Waals surface area contributed by atoms with Crippen LogP contribution in [-0.2, 0) is 19.4 Å². The van der Waals surface area contributed by atoms with Gasteiger partial charge in [-0.3, -0.25) is 0 Å². The molecule has 1 aromatic carbocycles. The smallest absolute Gasteiger partial charge is 0.138 e. The molecule has 0 bridgehead atoms. The molecular weight excluding hydrogens is 364 g/mol. The van der Waals surface area contributed by atoms with E-state index in [0.29, 0.717) is 6.04 Å². The van der Waals surface area contributed by atoms with Crippen molar-refractivity contribution < 1.29 is 4.90 Å². The minimum Gasteiger partial charge on any atom is -0.366 e. The van der Waals surface area contributed by atoms with Crippen molar-refractivity contribution in [3.05, 3.63) is 52.7 Å². The fourth-order valence-corrected chi connectivity index (χ4v) is 6.16. The Morgan fingerprint density at radius 2 is 1.93 bits per heavy atom. The normalized spacial score (nSPS) is 24.8. The molecule has 0 radical (unpaired) electrons. The molecule has 0 spiro atoms. The maximum Gasteiger partial charge on any atom is 0.138 e. The molecule has 2 aliphatic rings. The highest BCUT2D eigenvalue weighted by molar-refractivity contribution is 7.19. The number of anilines is 1. The van der Waals surface area contributed by atoms with Gasteiger partial charge in [0.05, 0.1) is 18.5 Å². The van der Waals surface area contributed by atoms with Crippen molar-refractivity contribution >= 4 is 27.4 Å². The number of hydrogen-bond acceptors (Lipinski definition) is 4. The maximum atomic E-state index is 4.66. The third-order valence-corrected chi connectivity index (χ3v) is 7.58. The van der Waals surface area contributed by atoms with E-state index in [9.17, 15) is 0 Å². The highest BCUT2D eigenvalue weighted by Gasteiger charge is 2.26. The van der Waals surface area contributed by atoms with Crippen molar-refractivity contribution in [1.82, 2.24) is 9.97 Å². The lowest BCUT2D eigenvalue weighted by Gasteiger charge is -2.30. The molecule has 146 valence electrons. The molecule has 5 heteroatoms. The molecule has 0 amide bonds. The summed E-state index contributed by atoms with van der Waals surface area (Å²) in [5, 5.41) is 5.11. The van der Waals surface area contributed by atoms with Crippen molar-refractivity contribution in [2.24, 2.45) is 5.92 Å². The molecule has 0 unspecified atom stereocenters. The highest BCUT2D eigenvalue weighted by Crippen LogP contribution is 2.39. The predicted molar refractivity (Wildman–Crippen MR) is 116 cm³/mol. The Bertz CT molecular complexity index is 944. The first-order valence-electron chi connectivity index (χ1n) is 10.7. The number of fused-ring (bicyclic) bond motifs is 3. The summed E-state index contributed by atoms with van der Waals surface area (Å²) in [5.41, 5.74) is 2.97. The van der Waals surface area contributed by atoms with Gasteiger partial charge < -0.3 is 10.2 Å². The van der Waals surface area contributed by atoms with Crippen LogP contribution in [0.1, 0.15) is 42.2 Å². The van der Waals surface area contributed by atoms with Crippen LogP contribution in [0.5, 0.6) is 0 Å². The molecular formula is C23H29N4S+. The van der Waals surface area contributed by atoms with E-state index in [0.717, 1.165) is 18.3 Å². The van der Waals surface area contributed by atoms with Crippen molar-refractivity contribution in [2.45, 2.75) is 51.6 Å². The minimum atomic E-state index is 0.524. The molecule has 1 saturated heterocycles. The quantitative estimate of drug-likeness (QED) is 0.713. The van der Waals surface area contributed by atoms with Crippen LogP contribution in [0.15, 0.2) is 36.7 Å². The third kappa shape index (κ3) is 3.65. The number of likely N-dealkylation sites (tertiary alicyclic amines) is 1. The van der Waals surface area contributed by atoms with Gasteiger partial charge in [-0.1, -0.05) is 37.3 Å². The lowest BCUT2D eigenvalue weighted by Crippen LogP contribution is -3.12. The predicted octanol–water partition coefficient (Wildman–Crippen LogP) is 3.48. The summed E-state index contributed by atoms with van der Waals surface area (Å²) in [6.45, 7) is 5.95. The largest absolute Gasteiger partial charge is 0.366 e. The lowest BCUT2D eigenvalue weighted by atomic mass is 9.89. The summed E-state index contributed by atoms with van der Waals surface area (Å²) in [5.74, 6) is 1.87. The number of aromatic nitrogens is 2. The van der Waals surface area contributed by atoms with Crippen molar-refractivity contribution in [3.63, 3.8) is 0 Å². The number of thiophene rings is 1. The number of aryl methyl sites for hydroxylation is 1. The zero-order valence-electron chi connectivity index (χ0n) is 16.6. The van der Waals surface area contributed by atoms with Crippen LogP contribution >= 0.6 is 11.3 Å².